The maximum absolute atomic E-state index is 6.08. The Kier molecular flexibility index (Phi) is 4.33. The summed E-state index contributed by atoms with van der Waals surface area (Å²) in [7, 11) is 0. The van der Waals surface area contributed by atoms with E-state index >= 15 is 0 Å². The first kappa shape index (κ1) is 13.1. The molecule has 0 amide bonds. The van der Waals surface area contributed by atoms with E-state index in [0.29, 0.717) is 29.6 Å². The molecule has 1 atom stereocenters. The lowest BCUT2D eigenvalue weighted by Gasteiger charge is -2.02. The van der Waals surface area contributed by atoms with Crippen molar-refractivity contribution in [2.45, 2.75) is 32.2 Å². The fraction of sp³-hybridized carbons (Fsp3) is 0.385. The Morgan fingerprint density at radius 2 is 2.17 bits per heavy atom. The first-order valence-electron chi connectivity index (χ1n) is 5.99. The molecule has 0 fully saturated rings. The zero-order valence-corrected chi connectivity index (χ0v) is 11.0. The molecule has 0 saturated carbocycles. The number of hydrogen-bond donors (Lipinski definition) is 1. The molecule has 2 N–H and O–H groups in total. The number of aromatic nitrogens is 2. The van der Waals surface area contributed by atoms with Gasteiger partial charge in [-0.05, 0) is 18.1 Å². The zero-order valence-electron chi connectivity index (χ0n) is 10.3. The largest absolute Gasteiger partial charge is 0.339 e. The van der Waals surface area contributed by atoms with Gasteiger partial charge in [0, 0.05) is 23.9 Å². The van der Waals surface area contributed by atoms with Gasteiger partial charge in [-0.25, -0.2) is 0 Å². The molecule has 5 heteroatoms. The maximum Gasteiger partial charge on any atom is 0.228 e. The van der Waals surface area contributed by atoms with Gasteiger partial charge in [-0.3, -0.25) is 0 Å². The average molecular weight is 266 g/mol. The van der Waals surface area contributed by atoms with E-state index in [1.54, 1.807) is 0 Å². The minimum Gasteiger partial charge on any atom is -0.339 e. The molecule has 0 radical (unpaired) electrons. The minimum absolute atomic E-state index is 0.0682. The van der Waals surface area contributed by atoms with Gasteiger partial charge < -0.3 is 10.3 Å². The van der Waals surface area contributed by atoms with Crippen LogP contribution in [0.1, 0.15) is 30.6 Å². The number of benzene rings is 1. The highest BCUT2D eigenvalue weighted by Crippen LogP contribution is 2.17. The molecule has 1 unspecified atom stereocenters. The molecular weight excluding hydrogens is 250 g/mol. The highest BCUT2D eigenvalue weighted by molar-refractivity contribution is 6.31. The van der Waals surface area contributed by atoms with E-state index in [4.69, 9.17) is 21.9 Å². The molecule has 0 bridgehead atoms. The fourth-order valence-electron chi connectivity index (χ4n) is 1.63. The van der Waals surface area contributed by atoms with Crippen LogP contribution in [0.25, 0.3) is 0 Å². The van der Waals surface area contributed by atoms with Crippen LogP contribution in [0.4, 0.5) is 0 Å². The highest BCUT2D eigenvalue weighted by Gasteiger charge is 2.11. The van der Waals surface area contributed by atoms with Crippen LogP contribution in [0.15, 0.2) is 28.8 Å². The zero-order chi connectivity index (χ0) is 13.0. The van der Waals surface area contributed by atoms with Crippen LogP contribution < -0.4 is 5.73 Å². The summed E-state index contributed by atoms with van der Waals surface area (Å²) in [5.41, 5.74) is 6.83. The molecule has 0 spiro atoms. The van der Waals surface area contributed by atoms with Gasteiger partial charge >= 0.3 is 0 Å². The molecule has 2 rings (SSSR count). The predicted molar refractivity (Wildman–Crippen MR) is 70.5 cm³/mol. The summed E-state index contributed by atoms with van der Waals surface area (Å²) in [6, 6.07) is 7.71. The van der Waals surface area contributed by atoms with Crippen molar-refractivity contribution in [3.05, 3.63) is 46.6 Å². The molecule has 0 aliphatic heterocycles. The number of nitrogens with zero attached hydrogens (tertiary/aromatic N) is 2. The Hall–Kier alpha value is -1.39. The van der Waals surface area contributed by atoms with Crippen molar-refractivity contribution in [2.75, 3.05) is 0 Å². The third-order valence-electron chi connectivity index (χ3n) is 2.78. The van der Waals surface area contributed by atoms with Gasteiger partial charge in [0.2, 0.25) is 5.89 Å². The highest BCUT2D eigenvalue weighted by atomic mass is 35.5. The smallest absolute Gasteiger partial charge is 0.228 e. The summed E-state index contributed by atoms with van der Waals surface area (Å²) in [5, 5.41) is 4.66. The van der Waals surface area contributed by atoms with Crippen molar-refractivity contribution in [3.63, 3.8) is 0 Å². The van der Waals surface area contributed by atoms with Gasteiger partial charge in [-0.1, -0.05) is 41.9 Å². The molecule has 1 heterocycles. The van der Waals surface area contributed by atoms with Gasteiger partial charge in [0.25, 0.3) is 0 Å². The maximum atomic E-state index is 6.08. The van der Waals surface area contributed by atoms with Crippen LogP contribution in [0.2, 0.25) is 5.02 Å². The van der Waals surface area contributed by atoms with E-state index in [0.717, 1.165) is 12.0 Å². The third-order valence-corrected chi connectivity index (χ3v) is 3.15. The Labute approximate surface area is 111 Å². The molecule has 96 valence electrons. The Bertz CT molecular complexity index is 512. The van der Waals surface area contributed by atoms with E-state index in [1.807, 2.05) is 31.2 Å². The van der Waals surface area contributed by atoms with Gasteiger partial charge in [0.15, 0.2) is 5.82 Å². The SMILES string of the molecule is CCC(N)Cc1nc(Cc2ccccc2Cl)no1. The summed E-state index contributed by atoms with van der Waals surface area (Å²) in [6.45, 7) is 2.03. The lowest BCUT2D eigenvalue weighted by atomic mass is 10.1. The Morgan fingerprint density at radius 1 is 1.39 bits per heavy atom. The van der Waals surface area contributed by atoms with Gasteiger partial charge in [-0.15, -0.1) is 0 Å². The van der Waals surface area contributed by atoms with Crippen molar-refractivity contribution in [2.24, 2.45) is 5.73 Å². The van der Waals surface area contributed by atoms with E-state index in [2.05, 4.69) is 10.1 Å². The van der Waals surface area contributed by atoms with Crippen molar-refractivity contribution < 1.29 is 4.52 Å². The summed E-state index contributed by atoms with van der Waals surface area (Å²) < 4.78 is 5.17. The summed E-state index contributed by atoms with van der Waals surface area (Å²) in [4.78, 5) is 4.32. The van der Waals surface area contributed by atoms with Crippen LogP contribution in [0, 0.1) is 0 Å². The number of halogens is 1. The van der Waals surface area contributed by atoms with Crippen LogP contribution >= 0.6 is 11.6 Å². The molecule has 0 aliphatic carbocycles. The molecule has 1 aromatic carbocycles. The first-order chi connectivity index (χ1) is 8.69. The van der Waals surface area contributed by atoms with Gasteiger partial charge in [-0.2, -0.15) is 4.98 Å². The van der Waals surface area contributed by atoms with Gasteiger partial charge in [0.1, 0.15) is 0 Å². The summed E-state index contributed by atoms with van der Waals surface area (Å²) in [5.74, 6) is 1.23. The second kappa shape index (κ2) is 5.98. The number of hydrogen-bond acceptors (Lipinski definition) is 4. The van der Waals surface area contributed by atoms with Gasteiger partial charge in [0.05, 0.1) is 0 Å². The van der Waals surface area contributed by atoms with Crippen LogP contribution in [-0.4, -0.2) is 16.2 Å². The molecule has 1 aromatic heterocycles. The quantitative estimate of drug-likeness (QED) is 0.902. The second-order valence-electron chi connectivity index (χ2n) is 4.24. The first-order valence-corrected chi connectivity index (χ1v) is 6.37. The number of rotatable bonds is 5. The lowest BCUT2D eigenvalue weighted by molar-refractivity contribution is 0.363. The minimum atomic E-state index is 0.0682. The van der Waals surface area contributed by atoms with Crippen molar-refractivity contribution >= 4 is 11.6 Å². The van der Waals surface area contributed by atoms with E-state index in [9.17, 15) is 0 Å². The number of nitrogens with two attached hydrogens (primary N) is 1. The average Bonchev–Trinajstić information content (AvgIpc) is 2.79. The second-order valence-corrected chi connectivity index (χ2v) is 4.65. The molecule has 0 saturated heterocycles. The molecule has 4 nitrogen and oxygen atoms in total. The fourth-order valence-corrected chi connectivity index (χ4v) is 1.83. The van der Waals surface area contributed by atoms with E-state index in [1.165, 1.54) is 0 Å². The van der Waals surface area contributed by atoms with Crippen LogP contribution in [0.3, 0.4) is 0 Å². The molecule has 2 aromatic rings. The van der Waals surface area contributed by atoms with Crippen molar-refractivity contribution in [1.29, 1.82) is 0 Å². The van der Waals surface area contributed by atoms with Crippen molar-refractivity contribution in [3.8, 4) is 0 Å². The van der Waals surface area contributed by atoms with Crippen molar-refractivity contribution in [1.82, 2.24) is 10.1 Å². The summed E-state index contributed by atoms with van der Waals surface area (Å²) in [6.07, 6.45) is 2.08. The molecule has 18 heavy (non-hydrogen) atoms. The summed E-state index contributed by atoms with van der Waals surface area (Å²) >= 11 is 6.08. The Morgan fingerprint density at radius 3 is 2.89 bits per heavy atom. The third kappa shape index (κ3) is 3.31. The molecule has 0 aliphatic rings. The Balaban J connectivity index is 2.05. The van der Waals surface area contributed by atoms with E-state index < -0.39 is 0 Å². The molecular formula is C13H16ClN3O. The monoisotopic (exact) mass is 265 g/mol. The normalized spacial score (nSPS) is 12.6. The van der Waals surface area contributed by atoms with E-state index in [-0.39, 0.29) is 6.04 Å². The predicted octanol–water partition coefficient (Wildman–Crippen LogP) is 2.59. The van der Waals surface area contributed by atoms with Crippen LogP contribution in [-0.2, 0) is 12.8 Å². The van der Waals surface area contributed by atoms with Crippen LogP contribution in [0.5, 0.6) is 0 Å². The standard InChI is InChI=1S/C13H16ClN3O/c1-2-10(15)8-13-16-12(17-18-13)7-9-5-3-4-6-11(9)14/h3-6,10H,2,7-8,15H2,1H3. The topological polar surface area (TPSA) is 64.9 Å². The lowest BCUT2D eigenvalue weighted by Crippen LogP contribution is -2.21.